The summed E-state index contributed by atoms with van der Waals surface area (Å²) in [5.74, 6) is -0.607. The van der Waals surface area contributed by atoms with Crippen LogP contribution in [-0.4, -0.2) is 69.3 Å². The van der Waals surface area contributed by atoms with Gasteiger partial charge in [0.25, 0.3) is 0 Å². The number of carbonyl (C=O) groups excluding carboxylic acids is 1. The maximum absolute atomic E-state index is 11.7. The second kappa shape index (κ2) is 20.1. The van der Waals surface area contributed by atoms with Crippen molar-refractivity contribution in [1.82, 2.24) is 21.3 Å². The van der Waals surface area contributed by atoms with E-state index < -0.39 is 5.97 Å². The second-order valence-corrected chi connectivity index (χ2v) is 6.40. The number of nitrogens with one attached hydrogen (secondary N) is 4. The van der Waals surface area contributed by atoms with E-state index in [1.54, 1.807) is 0 Å². The van der Waals surface area contributed by atoms with Gasteiger partial charge >= 0.3 is 5.97 Å². The number of unbranched alkanes of at least 4 members (excludes halogenated alkanes) is 5. The van der Waals surface area contributed by atoms with Gasteiger partial charge in [-0.2, -0.15) is 0 Å². The predicted octanol–water partition coefficient (Wildman–Crippen LogP) is 0.0355. The highest BCUT2D eigenvalue weighted by molar-refractivity contribution is 5.75. The first kappa shape index (κ1) is 24.8. The zero-order chi connectivity index (χ0) is 19.3. The Morgan fingerprint density at radius 2 is 1.12 bits per heavy atom. The fourth-order valence-electron chi connectivity index (χ4n) is 2.48. The molecule has 0 saturated carbocycles. The number of carboxylic acid groups (broad SMARTS) is 1. The van der Waals surface area contributed by atoms with Gasteiger partial charge in [-0.3, -0.25) is 9.59 Å². The highest BCUT2D eigenvalue weighted by Crippen LogP contribution is 2.08. The molecule has 0 aromatic carbocycles. The van der Waals surface area contributed by atoms with Crippen LogP contribution in [0, 0.1) is 0 Å². The molecule has 0 aromatic heterocycles. The van der Waals surface area contributed by atoms with E-state index >= 15 is 0 Å². The van der Waals surface area contributed by atoms with Gasteiger partial charge in [0.15, 0.2) is 0 Å². The first-order valence-corrected chi connectivity index (χ1v) is 9.97. The first-order chi connectivity index (χ1) is 12.7. The molecule has 0 atom stereocenters. The number of aliphatic carboxylic acids is 1. The van der Waals surface area contributed by atoms with E-state index in [9.17, 15) is 9.59 Å². The number of hydrogen-bond donors (Lipinski definition) is 6. The molecule has 1 amide bonds. The van der Waals surface area contributed by atoms with Gasteiger partial charge in [0.1, 0.15) is 0 Å². The molecule has 0 radical (unpaired) electrons. The Labute approximate surface area is 158 Å². The van der Waals surface area contributed by atoms with Gasteiger partial charge in [0, 0.05) is 65.2 Å². The lowest BCUT2D eigenvalue weighted by Gasteiger charge is -2.08. The summed E-state index contributed by atoms with van der Waals surface area (Å²) in [4.78, 5) is 22.1. The fourth-order valence-corrected chi connectivity index (χ4v) is 2.48. The summed E-state index contributed by atoms with van der Waals surface area (Å²) in [6.45, 7) is 6.61. The first-order valence-electron chi connectivity index (χ1n) is 9.97. The van der Waals surface area contributed by atoms with E-state index in [-0.39, 0.29) is 12.3 Å². The van der Waals surface area contributed by atoms with Crippen LogP contribution in [0.5, 0.6) is 0 Å². The van der Waals surface area contributed by atoms with Gasteiger partial charge < -0.3 is 32.1 Å². The third-order valence-corrected chi connectivity index (χ3v) is 3.95. The van der Waals surface area contributed by atoms with Gasteiger partial charge in [0.05, 0.1) is 0 Å². The molecule has 0 bridgehead atoms. The average molecular weight is 374 g/mol. The topological polar surface area (TPSA) is 129 Å². The van der Waals surface area contributed by atoms with Crippen LogP contribution in [0.3, 0.4) is 0 Å². The van der Waals surface area contributed by atoms with E-state index in [4.69, 9.17) is 10.8 Å². The van der Waals surface area contributed by atoms with E-state index in [1.165, 1.54) is 0 Å². The number of hydrogen-bond acceptors (Lipinski definition) is 6. The van der Waals surface area contributed by atoms with Crippen LogP contribution in [0.25, 0.3) is 0 Å². The Morgan fingerprint density at radius 3 is 1.65 bits per heavy atom. The molecule has 0 spiro atoms. The minimum Gasteiger partial charge on any atom is -0.481 e. The molecule has 0 heterocycles. The lowest BCUT2D eigenvalue weighted by molar-refractivity contribution is -0.137. The normalized spacial score (nSPS) is 10.8. The molecule has 8 nitrogen and oxygen atoms in total. The molecular formula is C18H39N5O3. The van der Waals surface area contributed by atoms with Crippen molar-refractivity contribution in [3.63, 3.8) is 0 Å². The van der Waals surface area contributed by atoms with Crippen molar-refractivity contribution in [2.45, 2.75) is 51.4 Å². The lowest BCUT2D eigenvalue weighted by Crippen LogP contribution is -2.36. The van der Waals surface area contributed by atoms with Crippen LogP contribution < -0.4 is 27.0 Å². The molecule has 154 valence electrons. The molecule has 0 aliphatic carbocycles. The summed E-state index contributed by atoms with van der Waals surface area (Å²) in [7, 11) is 0. The van der Waals surface area contributed by atoms with Crippen molar-refractivity contribution in [3.8, 4) is 0 Å². The summed E-state index contributed by atoms with van der Waals surface area (Å²) in [5, 5.41) is 21.3. The van der Waals surface area contributed by atoms with Gasteiger partial charge in [-0.25, -0.2) is 0 Å². The van der Waals surface area contributed by atoms with E-state index in [0.29, 0.717) is 19.5 Å². The molecule has 0 rings (SSSR count). The Balaban J connectivity index is 3.16. The van der Waals surface area contributed by atoms with E-state index in [2.05, 4.69) is 21.3 Å². The SMILES string of the molecule is NCCNCCNCCNCCNC(=O)CCCCCCCCC(=O)O. The van der Waals surface area contributed by atoms with Crippen LogP contribution in [0.2, 0.25) is 0 Å². The van der Waals surface area contributed by atoms with Crippen LogP contribution in [0.4, 0.5) is 0 Å². The summed E-state index contributed by atoms with van der Waals surface area (Å²) in [6, 6.07) is 0. The Morgan fingerprint density at radius 1 is 0.654 bits per heavy atom. The highest BCUT2D eigenvalue weighted by atomic mass is 16.4. The van der Waals surface area contributed by atoms with Crippen molar-refractivity contribution in [2.24, 2.45) is 5.73 Å². The van der Waals surface area contributed by atoms with Crippen LogP contribution in [0.1, 0.15) is 51.4 Å². The third-order valence-electron chi connectivity index (χ3n) is 3.95. The average Bonchev–Trinajstić information content (AvgIpc) is 2.61. The van der Waals surface area contributed by atoms with Crippen molar-refractivity contribution in [3.05, 3.63) is 0 Å². The Hall–Kier alpha value is -1.22. The minimum absolute atomic E-state index is 0.113. The number of rotatable bonds is 20. The monoisotopic (exact) mass is 373 g/mol. The van der Waals surface area contributed by atoms with Crippen molar-refractivity contribution >= 4 is 11.9 Å². The maximum Gasteiger partial charge on any atom is 0.303 e. The molecule has 0 fully saturated rings. The quantitative estimate of drug-likeness (QED) is 0.166. The third kappa shape index (κ3) is 20.8. The molecule has 26 heavy (non-hydrogen) atoms. The standard InChI is InChI=1S/C18H39N5O3/c19-9-10-20-11-12-21-13-14-22-15-16-23-17(24)7-5-3-1-2-4-6-8-18(25)26/h20-22H,1-16,19H2,(H,23,24)(H,25,26). The highest BCUT2D eigenvalue weighted by Gasteiger charge is 2.01. The van der Waals surface area contributed by atoms with Gasteiger partial charge in [-0.1, -0.05) is 25.7 Å². The summed E-state index contributed by atoms with van der Waals surface area (Å²) < 4.78 is 0. The molecule has 0 saturated heterocycles. The minimum atomic E-state index is -0.719. The van der Waals surface area contributed by atoms with Crippen LogP contribution >= 0.6 is 0 Å². The summed E-state index contributed by atoms with van der Waals surface area (Å²) >= 11 is 0. The fraction of sp³-hybridized carbons (Fsp3) is 0.889. The molecule has 0 aromatic rings. The number of carbonyl (C=O) groups is 2. The van der Waals surface area contributed by atoms with Crippen LogP contribution in [-0.2, 0) is 9.59 Å². The zero-order valence-electron chi connectivity index (χ0n) is 16.2. The van der Waals surface area contributed by atoms with Crippen molar-refractivity contribution < 1.29 is 14.7 Å². The van der Waals surface area contributed by atoms with Crippen molar-refractivity contribution in [2.75, 3.05) is 52.4 Å². The maximum atomic E-state index is 11.7. The Kier molecular flexibility index (Phi) is 19.2. The molecule has 8 heteroatoms. The number of nitrogens with two attached hydrogens (primary N) is 1. The van der Waals surface area contributed by atoms with Crippen molar-refractivity contribution in [1.29, 1.82) is 0 Å². The lowest BCUT2D eigenvalue weighted by atomic mass is 10.1. The second-order valence-electron chi connectivity index (χ2n) is 6.40. The largest absolute Gasteiger partial charge is 0.481 e. The van der Waals surface area contributed by atoms with Gasteiger partial charge in [0.2, 0.25) is 5.91 Å². The molecule has 7 N–H and O–H groups in total. The molecule has 0 aliphatic heterocycles. The summed E-state index contributed by atoms with van der Waals surface area (Å²) in [5.41, 5.74) is 5.38. The number of amides is 1. The molecule has 0 unspecified atom stereocenters. The zero-order valence-corrected chi connectivity index (χ0v) is 16.2. The predicted molar refractivity (Wildman–Crippen MR) is 105 cm³/mol. The van der Waals surface area contributed by atoms with Gasteiger partial charge in [-0.05, 0) is 12.8 Å². The number of carboxylic acids is 1. The summed E-state index contributed by atoms with van der Waals surface area (Å²) in [6.07, 6.45) is 6.61. The Bertz CT molecular complexity index is 343. The smallest absolute Gasteiger partial charge is 0.303 e. The molecule has 0 aliphatic rings. The van der Waals surface area contributed by atoms with E-state index in [1.807, 2.05) is 0 Å². The van der Waals surface area contributed by atoms with Gasteiger partial charge in [-0.15, -0.1) is 0 Å². The van der Waals surface area contributed by atoms with E-state index in [0.717, 1.165) is 77.8 Å². The van der Waals surface area contributed by atoms with Crippen LogP contribution in [0.15, 0.2) is 0 Å². The molecular weight excluding hydrogens is 334 g/mol.